The van der Waals surface area contributed by atoms with Crippen LogP contribution in [0.15, 0.2) is 59.5 Å². The molecule has 0 aliphatic heterocycles. The number of primary sulfonamides is 1. The van der Waals surface area contributed by atoms with E-state index in [9.17, 15) is 18.0 Å². The summed E-state index contributed by atoms with van der Waals surface area (Å²) in [6.07, 6.45) is 0. The Balaban J connectivity index is 2.08. The highest BCUT2D eigenvalue weighted by atomic mass is 32.2. The van der Waals surface area contributed by atoms with Crippen molar-refractivity contribution in [1.82, 2.24) is 5.32 Å². The minimum atomic E-state index is -3.80. The molecular weight excluding hydrogens is 332 g/mol. The molecule has 0 aliphatic carbocycles. The molecule has 1 unspecified atom stereocenters. The van der Waals surface area contributed by atoms with E-state index >= 15 is 0 Å². The quantitative estimate of drug-likeness (QED) is 0.629. The lowest BCUT2D eigenvalue weighted by Crippen LogP contribution is -2.39. The van der Waals surface area contributed by atoms with Crippen LogP contribution in [0.4, 0.5) is 10.5 Å². The van der Waals surface area contributed by atoms with Gasteiger partial charge in [-0.05, 0) is 29.8 Å². The van der Waals surface area contributed by atoms with Gasteiger partial charge in [0.1, 0.15) is 6.04 Å². The molecule has 126 valence electrons. The SMILES string of the molecule is NC(=O)C(NC(=O)Nc1ccc(S(N)(=O)=O)cc1)c1ccccc1. The Bertz CT molecular complexity index is 836. The van der Waals surface area contributed by atoms with Gasteiger partial charge in [0.05, 0.1) is 4.90 Å². The van der Waals surface area contributed by atoms with Gasteiger partial charge < -0.3 is 16.4 Å². The van der Waals surface area contributed by atoms with E-state index in [-0.39, 0.29) is 4.90 Å². The average molecular weight is 348 g/mol. The number of hydrogen-bond donors (Lipinski definition) is 4. The lowest BCUT2D eigenvalue weighted by atomic mass is 10.1. The van der Waals surface area contributed by atoms with Gasteiger partial charge in [0.2, 0.25) is 15.9 Å². The Morgan fingerprint density at radius 1 is 0.958 bits per heavy atom. The maximum Gasteiger partial charge on any atom is 0.320 e. The van der Waals surface area contributed by atoms with Crippen molar-refractivity contribution >= 4 is 27.6 Å². The molecule has 0 heterocycles. The highest BCUT2D eigenvalue weighted by Gasteiger charge is 2.20. The number of urea groups is 1. The fourth-order valence-electron chi connectivity index (χ4n) is 1.99. The van der Waals surface area contributed by atoms with Crippen LogP contribution >= 0.6 is 0 Å². The minimum Gasteiger partial charge on any atom is -0.368 e. The summed E-state index contributed by atoms with van der Waals surface area (Å²) in [4.78, 5) is 23.5. The van der Waals surface area contributed by atoms with E-state index < -0.39 is 28.0 Å². The van der Waals surface area contributed by atoms with E-state index in [2.05, 4.69) is 10.6 Å². The average Bonchev–Trinajstić information content (AvgIpc) is 2.53. The van der Waals surface area contributed by atoms with E-state index in [4.69, 9.17) is 10.9 Å². The normalized spacial score (nSPS) is 12.2. The van der Waals surface area contributed by atoms with Gasteiger partial charge in [-0.1, -0.05) is 30.3 Å². The van der Waals surface area contributed by atoms with Crippen molar-refractivity contribution < 1.29 is 18.0 Å². The van der Waals surface area contributed by atoms with Gasteiger partial charge in [0, 0.05) is 5.69 Å². The number of anilines is 1. The number of nitrogens with one attached hydrogen (secondary N) is 2. The topological polar surface area (TPSA) is 144 Å². The smallest absolute Gasteiger partial charge is 0.320 e. The highest BCUT2D eigenvalue weighted by Crippen LogP contribution is 2.14. The second-order valence-corrected chi connectivity index (χ2v) is 6.48. The molecule has 2 rings (SSSR count). The third-order valence-corrected chi connectivity index (χ3v) is 4.06. The molecule has 0 radical (unpaired) electrons. The van der Waals surface area contributed by atoms with Crippen LogP contribution < -0.4 is 21.5 Å². The van der Waals surface area contributed by atoms with Gasteiger partial charge in [-0.2, -0.15) is 0 Å². The molecule has 2 aromatic rings. The Morgan fingerprint density at radius 2 is 1.54 bits per heavy atom. The zero-order valence-corrected chi connectivity index (χ0v) is 13.3. The first kappa shape index (κ1) is 17.4. The van der Waals surface area contributed by atoms with Gasteiger partial charge in [-0.15, -0.1) is 0 Å². The van der Waals surface area contributed by atoms with Crippen molar-refractivity contribution in [2.45, 2.75) is 10.9 Å². The Kier molecular flexibility index (Phi) is 5.17. The first-order valence-electron chi connectivity index (χ1n) is 6.82. The van der Waals surface area contributed by atoms with E-state index in [0.717, 1.165) is 0 Å². The lowest BCUT2D eigenvalue weighted by molar-refractivity contribution is -0.119. The Labute approximate surface area is 138 Å². The summed E-state index contributed by atoms with van der Waals surface area (Å²) in [5, 5.41) is 9.93. The van der Waals surface area contributed by atoms with Gasteiger partial charge in [-0.25, -0.2) is 18.4 Å². The molecule has 0 aromatic heterocycles. The third-order valence-electron chi connectivity index (χ3n) is 3.13. The minimum absolute atomic E-state index is 0.0762. The van der Waals surface area contributed by atoms with Crippen LogP contribution in [0.3, 0.4) is 0 Å². The summed E-state index contributed by atoms with van der Waals surface area (Å²) < 4.78 is 22.3. The fraction of sp³-hybridized carbons (Fsp3) is 0.0667. The molecule has 0 fully saturated rings. The molecule has 2 aromatic carbocycles. The Hall–Kier alpha value is -2.91. The number of benzene rings is 2. The highest BCUT2D eigenvalue weighted by molar-refractivity contribution is 7.89. The number of amides is 3. The maximum absolute atomic E-state index is 12.0. The van der Waals surface area contributed by atoms with Crippen molar-refractivity contribution in [3.8, 4) is 0 Å². The molecule has 1 atom stereocenters. The van der Waals surface area contributed by atoms with Crippen molar-refractivity contribution in [1.29, 1.82) is 0 Å². The zero-order chi connectivity index (χ0) is 17.7. The predicted octanol–water partition coefficient (Wildman–Crippen LogP) is 0.682. The largest absolute Gasteiger partial charge is 0.368 e. The van der Waals surface area contributed by atoms with Crippen LogP contribution in [-0.4, -0.2) is 20.4 Å². The summed E-state index contributed by atoms with van der Waals surface area (Å²) in [6.45, 7) is 0. The number of carbonyl (C=O) groups excluding carboxylic acids is 2. The zero-order valence-electron chi connectivity index (χ0n) is 12.5. The Morgan fingerprint density at radius 3 is 2.04 bits per heavy atom. The van der Waals surface area contributed by atoms with E-state index in [1.54, 1.807) is 30.3 Å². The summed E-state index contributed by atoms with van der Waals surface area (Å²) in [5.41, 5.74) is 6.19. The summed E-state index contributed by atoms with van der Waals surface area (Å²) in [7, 11) is -3.80. The van der Waals surface area contributed by atoms with Crippen molar-refractivity contribution in [3.63, 3.8) is 0 Å². The first-order valence-corrected chi connectivity index (χ1v) is 8.36. The third kappa shape index (κ3) is 4.54. The number of nitrogens with two attached hydrogens (primary N) is 2. The molecule has 24 heavy (non-hydrogen) atoms. The molecule has 0 aliphatic rings. The molecule has 6 N–H and O–H groups in total. The summed E-state index contributed by atoms with van der Waals surface area (Å²) in [6, 6.07) is 12.2. The van der Waals surface area contributed by atoms with Gasteiger partial charge in [0.15, 0.2) is 0 Å². The van der Waals surface area contributed by atoms with Crippen LogP contribution in [0.2, 0.25) is 0 Å². The van der Waals surface area contributed by atoms with E-state index in [1.165, 1.54) is 24.3 Å². The lowest BCUT2D eigenvalue weighted by Gasteiger charge is -2.16. The number of sulfonamides is 1. The number of carbonyl (C=O) groups is 2. The van der Waals surface area contributed by atoms with Crippen LogP contribution in [-0.2, 0) is 14.8 Å². The van der Waals surface area contributed by atoms with Crippen LogP contribution in [0, 0.1) is 0 Å². The molecule has 3 amide bonds. The molecule has 0 saturated heterocycles. The fourth-order valence-corrected chi connectivity index (χ4v) is 2.51. The first-order chi connectivity index (χ1) is 11.3. The van der Waals surface area contributed by atoms with E-state index in [1.807, 2.05) is 0 Å². The van der Waals surface area contributed by atoms with Crippen molar-refractivity contribution in [3.05, 3.63) is 60.2 Å². The molecular formula is C15H16N4O4S. The van der Waals surface area contributed by atoms with Gasteiger partial charge in [0.25, 0.3) is 0 Å². The van der Waals surface area contributed by atoms with Crippen molar-refractivity contribution in [2.24, 2.45) is 10.9 Å². The van der Waals surface area contributed by atoms with E-state index in [0.29, 0.717) is 11.3 Å². The van der Waals surface area contributed by atoms with Gasteiger partial charge >= 0.3 is 6.03 Å². The van der Waals surface area contributed by atoms with Crippen LogP contribution in [0.5, 0.6) is 0 Å². The molecule has 0 saturated carbocycles. The molecule has 0 bridgehead atoms. The number of rotatable bonds is 5. The predicted molar refractivity (Wildman–Crippen MR) is 88.3 cm³/mol. The van der Waals surface area contributed by atoms with Gasteiger partial charge in [-0.3, -0.25) is 4.79 Å². The summed E-state index contributed by atoms with van der Waals surface area (Å²) >= 11 is 0. The molecule has 9 heteroatoms. The second kappa shape index (κ2) is 7.11. The monoisotopic (exact) mass is 348 g/mol. The number of primary amides is 1. The maximum atomic E-state index is 12.0. The second-order valence-electron chi connectivity index (χ2n) is 4.91. The van der Waals surface area contributed by atoms with Crippen LogP contribution in [0.25, 0.3) is 0 Å². The molecule has 0 spiro atoms. The molecule has 8 nitrogen and oxygen atoms in total. The van der Waals surface area contributed by atoms with Crippen LogP contribution in [0.1, 0.15) is 11.6 Å². The summed E-state index contributed by atoms with van der Waals surface area (Å²) in [5.74, 6) is -0.707. The standard InChI is InChI=1S/C15H16N4O4S/c16-14(20)13(10-4-2-1-3-5-10)19-15(21)18-11-6-8-12(9-7-11)24(17,22)23/h1-9,13H,(H2,16,20)(H2,17,22,23)(H2,18,19,21). The number of hydrogen-bond acceptors (Lipinski definition) is 4. The van der Waals surface area contributed by atoms with Crippen molar-refractivity contribution in [2.75, 3.05) is 5.32 Å².